The topological polar surface area (TPSA) is 62.0 Å². The van der Waals surface area contributed by atoms with Gasteiger partial charge in [0.25, 0.3) is 11.7 Å². The molecule has 3 aromatic rings. The molecule has 24 heavy (non-hydrogen) atoms. The van der Waals surface area contributed by atoms with E-state index in [0.29, 0.717) is 28.6 Å². The predicted molar refractivity (Wildman–Crippen MR) is 95.8 cm³/mol. The zero-order chi connectivity index (χ0) is 17.1. The predicted octanol–water partition coefficient (Wildman–Crippen LogP) is 4.02. The van der Waals surface area contributed by atoms with Crippen LogP contribution >= 0.6 is 23.2 Å². The van der Waals surface area contributed by atoms with Crippen molar-refractivity contribution in [1.29, 1.82) is 0 Å². The molecule has 3 rings (SSSR count). The molecule has 0 saturated carbocycles. The van der Waals surface area contributed by atoms with Gasteiger partial charge in [-0.2, -0.15) is 0 Å². The van der Waals surface area contributed by atoms with Crippen LogP contribution in [0.25, 0.3) is 10.9 Å². The summed E-state index contributed by atoms with van der Waals surface area (Å²) >= 11 is 11.9. The number of aromatic amines is 1. The number of hydrogen-bond acceptors (Lipinski definition) is 2. The fourth-order valence-corrected chi connectivity index (χ4v) is 3.00. The van der Waals surface area contributed by atoms with Crippen molar-refractivity contribution in [2.24, 2.45) is 0 Å². The largest absolute Gasteiger partial charge is 0.360 e. The number of halogens is 2. The summed E-state index contributed by atoms with van der Waals surface area (Å²) in [6.45, 7) is 0.314. The van der Waals surface area contributed by atoms with Gasteiger partial charge in [-0.15, -0.1) is 0 Å². The molecule has 0 saturated heterocycles. The van der Waals surface area contributed by atoms with Gasteiger partial charge in [-0.05, 0) is 30.2 Å². The summed E-state index contributed by atoms with van der Waals surface area (Å²) in [7, 11) is 0. The highest BCUT2D eigenvalue weighted by Crippen LogP contribution is 2.21. The summed E-state index contributed by atoms with van der Waals surface area (Å²) in [5.41, 5.74) is 2.05. The Kier molecular flexibility index (Phi) is 4.88. The summed E-state index contributed by atoms with van der Waals surface area (Å²) in [6, 6.07) is 12.5. The molecule has 0 fully saturated rings. The zero-order valence-electron chi connectivity index (χ0n) is 12.6. The van der Waals surface area contributed by atoms with Crippen LogP contribution in [-0.2, 0) is 11.2 Å². The molecule has 0 unspecified atom stereocenters. The first kappa shape index (κ1) is 16.6. The van der Waals surface area contributed by atoms with E-state index in [1.165, 1.54) is 0 Å². The van der Waals surface area contributed by atoms with Crippen molar-refractivity contribution in [2.45, 2.75) is 6.42 Å². The van der Waals surface area contributed by atoms with E-state index in [2.05, 4.69) is 10.3 Å². The molecule has 0 aliphatic heterocycles. The van der Waals surface area contributed by atoms with Gasteiger partial charge < -0.3 is 10.3 Å². The molecule has 0 spiro atoms. The number of rotatable bonds is 5. The fraction of sp³-hybridized carbons (Fsp3) is 0.111. The van der Waals surface area contributed by atoms with Crippen molar-refractivity contribution >= 4 is 45.8 Å². The fourth-order valence-electron chi connectivity index (χ4n) is 2.50. The van der Waals surface area contributed by atoms with Gasteiger partial charge in [0.15, 0.2) is 0 Å². The van der Waals surface area contributed by atoms with Crippen molar-refractivity contribution in [3.8, 4) is 0 Å². The van der Waals surface area contributed by atoms with E-state index in [-0.39, 0.29) is 0 Å². The number of amides is 1. The molecule has 122 valence electrons. The number of fused-ring (bicyclic) bond motifs is 1. The Morgan fingerprint density at radius 1 is 1.08 bits per heavy atom. The molecular weight excluding hydrogens is 347 g/mol. The first-order valence-electron chi connectivity index (χ1n) is 7.39. The van der Waals surface area contributed by atoms with Crippen LogP contribution in [-0.4, -0.2) is 23.2 Å². The van der Waals surface area contributed by atoms with Gasteiger partial charge in [0, 0.05) is 33.7 Å². The Bertz CT molecular complexity index is 918. The molecule has 0 radical (unpaired) electrons. The van der Waals surface area contributed by atoms with Gasteiger partial charge >= 0.3 is 0 Å². The van der Waals surface area contributed by atoms with E-state index in [4.69, 9.17) is 23.2 Å². The zero-order valence-corrected chi connectivity index (χ0v) is 14.1. The molecule has 2 aromatic carbocycles. The standard InChI is InChI=1S/C18H14Cl2N2O2/c19-12-6-5-11(15(20)9-12)7-8-21-18(24)17(23)14-10-22-16-4-2-1-3-13(14)16/h1-6,9-10,22H,7-8H2,(H,21,24). The summed E-state index contributed by atoms with van der Waals surface area (Å²) < 4.78 is 0. The smallest absolute Gasteiger partial charge is 0.292 e. The van der Waals surface area contributed by atoms with E-state index in [1.807, 2.05) is 18.2 Å². The van der Waals surface area contributed by atoms with E-state index < -0.39 is 11.7 Å². The SMILES string of the molecule is O=C(NCCc1ccc(Cl)cc1Cl)C(=O)c1c[nH]c2ccccc12. The van der Waals surface area contributed by atoms with Gasteiger partial charge in [0.1, 0.15) is 0 Å². The van der Waals surface area contributed by atoms with E-state index >= 15 is 0 Å². The van der Waals surface area contributed by atoms with Gasteiger partial charge in [-0.3, -0.25) is 9.59 Å². The van der Waals surface area contributed by atoms with Crippen LogP contribution < -0.4 is 5.32 Å². The summed E-state index contributed by atoms with van der Waals surface area (Å²) in [6.07, 6.45) is 2.07. The average Bonchev–Trinajstić information content (AvgIpc) is 3.00. The molecule has 0 bridgehead atoms. The van der Waals surface area contributed by atoms with Crippen LogP contribution in [0, 0.1) is 0 Å². The monoisotopic (exact) mass is 360 g/mol. The van der Waals surface area contributed by atoms with Gasteiger partial charge in [0.2, 0.25) is 0 Å². The first-order chi connectivity index (χ1) is 11.6. The third-order valence-corrected chi connectivity index (χ3v) is 4.32. The van der Waals surface area contributed by atoms with Gasteiger partial charge in [-0.25, -0.2) is 0 Å². The summed E-state index contributed by atoms with van der Waals surface area (Å²) in [4.78, 5) is 27.4. The molecular formula is C18H14Cl2N2O2. The number of carbonyl (C=O) groups excluding carboxylic acids is 2. The second-order valence-corrected chi connectivity index (χ2v) is 6.16. The molecule has 0 aliphatic rings. The Morgan fingerprint density at radius 2 is 1.88 bits per heavy atom. The average molecular weight is 361 g/mol. The Hall–Kier alpha value is -2.30. The second kappa shape index (κ2) is 7.07. The maximum absolute atomic E-state index is 12.3. The third-order valence-electron chi connectivity index (χ3n) is 3.74. The van der Waals surface area contributed by atoms with Crippen LogP contribution in [0.2, 0.25) is 10.0 Å². The Morgan fingerprint density at radius 3 is 2.67 bits per heavy atom. The molecule has 1 amide bonds. The van der Waals surface area contributed by atoms with Gasteiger partial charge in [-0.1, -0.05) is 47.5 Å². The van der Waals surface area contributed by atoms with Crippen molar-refractivity contribution in [2.75, 3.05) is 6.54 Å². The van der Waals surface area contributed by atoms with Crippen LogP contribution in [0.5, 0.6) is 0 Å². The van der Waals surface area contributed by atoms with Crippen molar-refractivity contribution in [1.82, 2.24) is 10.3 Å². The molecule has 1 aromatic heterocycles. The van der Waals surface area contributed by atoms with Crippen LogP contribution in [0.4, 0.5) is 0 Å². The quantitative estimate of drug-likeness (QED) is 0.533. The van der Waals surface area contributed by atoms with Crippen molar-refractivity contribution in [3.63, 3.8) is 0 Å². The first-order valence-corrected chi connectivity index (χ1v) is 8.14. The summed E-state index contributed by atoms with van der Waals surface area (Å²) in [5, 5.41) is 4.47. The minimum Gasteiger partial charge on any atom is -0.360 e. The number of hydrogen-bond donors (Lipinski definition) is 2. The number of ketones is 1. The lowest BCUT2D eigenvalue weighted by Gasteiger charge is -2.06. The highest BCUT2D eigenvalue weighted by atomic mass is 35.5. The molecule has 0 aliphatic carbocycles. The number of nitrogens with one attached hydrogen (secondary N) is 2. The minimum absolute atomic E-state index is 0.314. The number of Topliss-reactive ketones (excluding diaryl/α,β-unsaturated/α-hetero) is 1. The third kappa shape index (κ3) is 3.45. The number of para-hydroxylation sites is 1. The lowest BCUT2D eigenvalue weighted by atomic mass is 10.1. The number of carbonyl (C=O) groups is 2. The van der Waals surface area contributed by atoms with Gasteiger partial charge in [0.05, 0.1) is 5.56 Å². The maximum atomic E-state index is 12.3. The molecule has 4 nitrogen and oxygen atoms in total. The highest BCUT2D eigenvalue weighted by Gasteiger charge is 2.19. The van der Waals surface area contributed by atoms with Crippen molar-refractivity contribution in [3.05, 3.63) is 69.8 Å². The van der Waals surface area contributed by atoms with Crippen LogP contribution in [0.3, 0.4) is 0 Å². The normalized spacial score (nSPS) is 10.8. The Labute approximate surface area is 148 Å². The van der Waals surface area contributed by atoms with Crippen LogP contribution in [0.15, 0.2) is 48.7 Å². The lowest BCUT2D eigenvalue weighted by molar-refractivity contribution is -0.116. The second-order valence-electron chi connectivity index (χ2n) is 5.32. The van der Waals surface area contributed by atoms with E-state index in [0.717, 1.165) is 16.5 Å². The maximum Gasteiger partial charge on any atom is 0.292 e. The Balaban J connectivity index is 1.63. The highest BCUT2D eigenvalue weighted by molar-refractivity contribution is 6.45. The minimum atomic E-state index is -0.634. The molecule has 0 atom stereocenters. The summed E-state index contributed by atoms with van der Waals surface area (Å²) in [5.74, 6) is -1.19. The molecule has 2 N–H and O–H groups in total. The van der Waals surface area contributed by atoms with E-state index in [1.54, 1.807) is 30.5 Å². The number of benzene rings is 2. The lowest BCUT2D eigenvalue weighted by Crippen LogP contribution is -2.32. The van der Waals surface area contributed by atoms with Crippen LogP contribution in [0.1, 0.15) is 15.9 Å². The van der Waals surface area contributed by atoms with Crippen molar-refractivity contribution < 1.29 is 9.59 Å². The number of aromatic nitrogens is 1. The van der Waals surface area contributed by atoms with E-state index in [9.17, 15) is 9.59 Å². The molecule has 1 heterocycles. The molecule has 6 heteroatoms. The number of H-pyrrole nitrogens is 1.